The SMILES string of the molecule is Cc1cc(NC(=O)c2ccnn2C)nc(C2CCCCN2Cc2ccc(F)cn2)n1. The molecule has 0 bridgehead atoms. The second kappa shape index (κ2) is 8.66. The van der Waals surface area contributed by atoms with E-state index in [-0.39, 0.29) is 17.8 Å². The quantitative estimate of drug-likeness (QED) is 0.697. The molecule has 1 fully saturated rings. The Hall–Kier alpha value is -3.20. The first-order chi connectivity index (χ1) is 14.5. The van der Waals surface area contributed by atoms with Crippen molar-refractivity contribution in [2.24, 2.45) is 7.05 Å². The van der Waals surface area contributed by atoms with Gasteiger partial charge in [-0.3, -0.25) is 19.4 Å². The van der Waals surface area contributed by atoms with Crippen LogP contribution in [-0.2, 0) is 13.6 Å². The average Bonchev–Trinajstić information content (AvgIpc) is 3.16. The van der Waals surface area contributed by atoms with Gasteiger partial charge in [-0.25, -0.2) is 14.4 Å². The third-order valence-electron chi connectivity index (χ3n) is 5.23. The van der Waals surface area contributed by atoms with Gasteiger partial charge in [-0.2, -0.15) is 5.10 Å². The Morgan fingerprint density at radius 3 is 2.87 bits per heavy atom. The molecule has 0 saturated carbocycles. The lowest BCUT2D eigenvalue weighted by Crippen LogP contribution is -2.34. The summed E-state index contributed by atoms with van der Waals surface area (Å²) in [6, 6.07) is 6.56. The van der Waals surface area contributed by atoms with Gasteiger partial charge < -0.3 is 5.32 Å². The van der Waals surface area contributed by atoms with Crippen LogP contribution in [0.2, 0.25) is 0 Å². The van der Waals surface area contributed by atoms with Crippen molar-refractivity contribution in [2.75, 3.05) is 11.9 Å². The molecule has 3 aromatic heterocycles. The van der Waals surface area contributed by atoms with Gasteiger partial charge in [0.25, 0.3) is 5.91 Å². The van der Waals surface area contributed by atoms with E-state index in [4.69, 9.17) is 0 Å². The third kappa shape index (κ3) is 4.51. The molecule has 1 saturated heterocycles. The van der Waals surface area contributed by atoms with E-state index < -0.39 is 0 Å². The van der Waals surface area contributed by atoms with Gasteiger partial charge in [0.1, 0.15) is 23.2 Å². The summed E-state index contributed by atoms with van der Waals surface area (Å²) in [6.07, 6.45) is 5.89. The zero-order valence-corrected chi connectivity index (χ0v) is 17.0. The Morgan fingerprint density at radius 1 is 1.27 bits per heavy atom. The van der Waals surface area contributed by atoms with E-state index in [9.17, 15) is 9.18 Å². The Bertz CT molecular complexity index is 1030. The van der Waals surface area contributed by atoms with Crippen molar-refractivity contribution in [3.63, 3.8) is 0 Å². The van der Waals surface area contributed by atoms with Crippen LogP contribution in [0, 0.1) is 12.7 Å². The van der Waals surface area contributed by atoms with Crippen LogP contribution in [-0.4, -0.2) is 42.1 Å². The van der Waals surface area contributed by atoms with Gasteiger partial charge in [0.2, 0.25) is 0 Å². The molecule has 1 atom stereocenters. The summed E-state index contributed by atoms with van der Waals surface area (Å²) < 4.78 is 14.7. The van der Waals surface area contributed by atoms with Crippen molar-refractivity contribution in [3.05, 3.63) is 65.4 Å². The second-order valence-electron chi connectivity index (χ2n) is 7.50. The van der Waals surface area contributed by atoms with E-state index in [1.807, 2.05) is 6.92 Å². The van der Waals surface area contributed by atoms with Crippen molar-refractivity contribution in [2.45, 2.75) is 38.8 Å². The lowest BCUT2D eigenvalue weighted by atomic mass is 10.0. The van der Waals surface area contributed by atoms with Gasteiger partial charge in [-0.15, -0.1) is 0 Å². The predicted octanol–water partition coefficient (Wildman–Crippen LogP) is 3.03. The minimum atomic E-state index is -0.343. The number of pyridine rings is 1. The number of rotatable bonds is 5. The van der Waals surface area contributed by atoms with Gasteiger partial charge in [0.05, 0.1) is 17.9 Å². The fourth-order valence-electron chi connectivity index (χ4n) is 3.76. The minimum Gasteiger partial charge on any atom is -0.305 e. The molecule has 156 valence electrons. The average molecular weight is 409 g/mol. The Labute approximate surface area is 174 Å². The highest BCUT2D eigenvalue weighted by Crippen LogP contribution is 2.30. The fraction of sp³-hybridized carbons (Fsp3) is 0.381. The third-order valence-corrected chi connectivity index (χ3v) is 5.23. The lowest BCUT2D eigenvalue weighted by Gasteiger charge is -2.34. The summed E-state index contributed by atoms with van der Waals surface area (Å²) in [4.78, 5) is 28.3. The number of aryl methyl sites for hydroxylation is 2. The molecule has 9 heteroatoms. The van der Waals surface area contributed by atoms with Crippen molar-refractivity contribution < 1.29 is 9.18 Å². The van der Waals surface area contributed by atoms with Crippen molar-refractivity contribution in [1.82, 2.24) is 29.6 Å². The topological polar surface area (TPSA) is 88.8 Å². The van der Waals surface area contributed by atoms with Crippen LogP contribution >= 0.6 is 0 Å². The smallest absolute Gasteiger partial charge is 0.275 e. The maximum Gasteiger partial charge on any atom is 0.275 e. The summed E-state index contributed by atoms with van der Waals surface area (Å²) >= 11 is 0. The van der Waals surface area contributed by atoms with Crippen LogP contribution in [0.3, 0.4) is 0 Å². The van der Waals surface area contributed by atoms with Crippen LogP contribution in [0.1, 0.15) is 53.0 Å². The number of carbonyl (C=O) groups is 1. The van der Waals surface area contributed by atoms with Crippen molar-refractivity contribution in [1.29, 1.82) is 0 Å². The van der Waals surface area contributed by atoms with Gasteiger partial charge in [0, 0.05) is 31.5 Å². The monoisotopic (exact) mass is 409 g/mol. The maximum absolute atomic E-state index is 13.2. The van der Waals surface area contributed by atoms with Crippen LogP contribution in [0.15, 0.2) is 36.7 Å². The van der Waals surface area contributed by atoms with E-state index in [1.54, 1.807) is 31.4 Å². The Balaban J connectivity index is 1.56. The molecule has 1 aliphatic rings. The van der Waals surface area contributed by atoms with Crippen molar-refractivity contribution >= 4 is 11.7 Å². The molecule has 3 aromatic rings. The number of piperidine rings is 1. The Morgan fingerprint density at radius 2 is 2.13 bits per heavy atom. The number of aromatic nitrogens is 5. The number of hydrogen-bond acceptors (Lipinski definition) is 6. The maximum atomic E-state index is 13.2. The predicted molar refractivity (Wildman–Crippen MR) is 109 cm³/mol. The van der Waals surface area contributed by atoms with Gasteiger partial charge >= 0.3 is 0 Å². The highest BCUT2D eigenvalue weighted by Gasteiger charge is 2.27. The van der Waals surface area contributed by atoms with Gasteiger partial charge in [-0.05, 0) is 44.5 Å². The standard InChI is InChI=1S/C21H24FN7O/c1-14-11-19(27-21(30)18-8-9-24-28(18)2)26-20(25-14)17-5-3-4-10-29(17)13-16-7-6-15(22)12-23-16/h6-9,11-12,17H,3-5,10,13H2,1-2H3,(H,25,26,27,30). The molecule has 0 aromatic carbocycles. The summed E-state index contributed by atoms with van der Waals surface area (Å²) in [5.74, 6) is 0.533. The molecule has 0 spiro atoms. The highest BCUT2D eigenvalue weighted by atomic mass is 19.1. The molecule has 8 nitrogen and oxygen atoms in total. The molecule has 30 heavy (non-hydrogen) atoms. The molecule has 1 unspecified atom stereocenters. The largest absolute Gasteiger partial charge is 0.305 e. The van der Waals surface area contributed by atoms with Crippen LogP contribution < -0.4 is 5.32 Å². The first-order valence-electron chi connectivity index (χ1n) is 9.99. The highest BCUT2D eigenvalue weighted by molar-refractivity contribution is 6.02. The van der Waals surface area contributed by atoms with Crippen molar-refractivity contribution in [3.8, 4) is 0 Å². The number of nitrogens with zero attached hydrogens (tertiary/aromatic N) is 6. The number of nitrogens with one attached hydrogen (secondary N) is 1. The van der Waals surface area contributed by atoms with E-state index in [1.165, 1.54) is 16.9 Å². The number of anilines is 1. The van der Waals surface area contributed by atoms with E-state index in [0.29, 0.717) is 23.9 Å². The van der Waals surface area contributed by atoms with E-state index >= 15 is 0 Å². The number of hydrogen-bond donors (Lipinski definition) is 1. The van der Waals surface area contributed by atoms with Gasteiger partial charge in [-0.1, -0.05) is 6.42 Å². The molecular formula is C21H24FN7O. The lowest BCUT2D eigenvalue weighted by molar-refractivity contribution is 0.101. The molecule has 4 rings (SSSR count). The molecular weight excluding hydrogens is 385 g/mol. The molecule has 1 amide bonds. The zero-order valence-electron chi connectivity index (χ0n) is 17.0. The zero-order chi connectivity index (χ0) is 21.1. The number of carbonyl (C=O) groups excluding carboxylic acids is 1. The van der Waals surface area contributed by atoms with Gasteiger partial charge in [0.15, 0.2) is 0 Å². The normalized spacial score (nSPS) is 17.1. The fourth-order valence-corrected chi connectivity index (χ4v) is 3.76. The van der Waals surface area contributed by atoms with Crippen LogP contribution in [0.5, 0.6) is 0 Å². The first kappa shape index (κ1) is 20.1. The summed E-state index contributed by atoms with van der Waals surface area (Å²) in [6.45, 7) is 3.37. The minimum absolute atomic E-state index is 0.0119. The molecule has 1 aliphatic heterocycles. The summed E-state index contributed by atoms with van der Waals surface area (Å²) in [5.41, 5.74) is 2.04. The number of halogens is 1. The summed E-state index contributed by atoms with van der Waals surface area (Å²) in [7, 11) is 1.72. The van der Waals surface area contributed by atoms with Crippen LogP contribution in [0.25, 0.3) is 0 Å². The number of likely N-dealkylation sites (tertiary alicyclic amines) is 1. The number of amides is 1. The summed E-state index contributed by atoms with van der Waals surface area (Å²) in [5, 5.41) is 6.88. The van der Waals surface area contributed by atoms with E-state index in [2.05, 4.69) is 30.3 Å². The first-order valence-corrected chi connectivity index (χ1v) is 9.99. The molecule has 4 heterocycles. The van der Waals surface area contributed by atoms with Crippen LogP contribution in [0.4, 0.5) is 10.2 Å². The Kier molecular flexibility index (Phi) is 5.80. The molecule has 0 radical (unpaired) electrons. The van der Waals surface area contributed by atoms with E-state index in [0.717, 1.165) is 37.2 Å². The molecule has 0 aliphatic carbocycles. The second-order valence-corrected chi connectivity index (χ2v) is 7.50. The molecule has 1 N–H and O–H groups in total.